The zero-order valence-corrected chi connectivity index (χ0v) is 21.0. The maximum absolute atomic E-state index is 11.6. The summed E-state index contributed by atoms with van der Waals surface area (Å²) in [5, 5.41) is 9.08. The Kier molecular flexibility index (Phi) is 5.97. The Morgan fingerprint density at radius 1 is 0.944 bits per heavy atom. The summed E-state index contributed by atoms with van der Waals surface area (Å²) in [5.41, 5.74) is 5.34. The summed E-state index contributed by atoms with van der Waals surface area (Å²) in [6.45, 7) is 7.37. The summed E-state index contributed by atoms with van der Waals surface area (Å²) in [4.78, 5) is 21.6. The number of nitrogens with one attached hydrogen (secondary N) is 1. The number of Topliss-reactive ketones (excluding diaryl/α,β-unsaturated/α-hetero) is 1. The minimum absolute atomic E-state index is 0.105. The molecule has 0 spiro atoms. The third kappa shape index (κ3) is 4.26. The molecular formula is C28H33N7O. The highest BCUT2D eigenvalue weighted by Crippen LogP contribution is 2.35. The number of piperazine rings is 1. The van der Waals surface area contributed by atoms with E-state index in [1.807, 2.05) is 30.1 Å². The molecule has 6 rings (SSSR count). The fourth-order valence-corrected chi connectivity index (χ4v) is 5.55. The number of piperidine rings is 1. The summed E-state index contributed by atoms with van der Waals surface area (Å²) < 4.78 is 4.27. The number of ketones is 1. The quantitative estimate of drug-likeness (QED) is 0.434. The number of anilines is 2. The van der Waals surface area contributed by atoms with E-state index in [1.54, 1.807) is 6.92 Å². The minimum Gasteiger partial charge on any atom is -0.368 e. The number of carbonyl (C=O) groups is 1. The largest absolute Gasteiger partial charge is 0.368 e. The molecule has 0 radical (unpaired) electrons. The lowest BCUT2D eigenvalue weighted by molar-refractivity contribution is 0.101. The average Bonchev–Trinajstić information content (AvgIpc) is 3.52. The Morgan fingerprint density at radius 3 is 2.33 bits per heavy atom. The SMILES string of the molecule is CC(=O)c1ccc(N2CCN(c3ccc4c(-c5cnn(C)c5)cn(C5CCNCC5)c4n3)CC2)cc1. The van der Waals surface area contributed by atoms with Gasteiger partial charge in [0.2, 0.25) is 0 Å². The van der Waals surface area contributed by atoms with E-state index < -0.39 is 0 Å². The Morgan fingerprint density at radius 2 is 1.67 bits per heavy atom. The molecule has 0 unspecified atom stereocenters. The maximum atomic E-state index is 11.6. The van der Waals surface area contributed by atoms with E-state index >= 15 is 0 Å². The van der Waals surface area contributed by atoms with Crippen LogP contribution in [0.4, 0.5) is 11.5 Å². The van der Waals surface area contributed by atoms with Gasteiger partial charge in [0, 0.05) is 79.4 Å². The molecule has 0 bridgehead atoms. The zero-order valence-electron chi connectivity index (χ0n) is 21.0. The first-order valence-electron chi connectivity index (χ1n) is 12.9. The Hall–Kier alpha value is -3.65. The third-order valence-electron chi connectivity index (χ3n) is 7.62. The van der Waals surface area contributed by atoms with Gasteiger partial charge in [-0.2, -0.15) is 5.10 Å². The van der Waals surface area contributed by atoms with Crippen molar-refractivity contribution >= 4 is 28.3 Å². The number of fused-ring (bicyclic) bond motifs is 1. The summed E-state index contributed by atoms with van der Waals surface area (Å²) >= 11 is 0. The molecule has 3 aromatic heterocycles. The van der Waals surface area contributed by atoms with Crippen molar-refractivity contribution < 1.29 is 4.79 Å². The van der Waals surface area contributed by atoms with Crippen LogP contribution in [0.2, 0.25) is 0 Å². The van der Waals surface area contributed by atoms with Crippen molar-refractivity contribution in [3.05, 3.63) is 60.6 Å². The van der Waals surface area contributed by atoms with Crippen LogP contribution >= 0.6 is 0 Å². The number of nitrogens with zero attached hydrogens (tertiary/aromatic N) is 6. The molecule has 5 heterocycles. The number of rotatable bonds is 5. The molecule has 2 aliphatic heterocycles. The molecule has 0 amide bonds. The number of aromatic nitrogens is 4. The molecule has 0 aliphatic carbocycles. The molecular weight excluding hydrogens is 450 g/mol. The Labute approximate surface area is 211 Å². The molecule has 0 atom stereocenters. The zero-order chi connectivity index (χ0) is 24.6. The van der Waals surface area contributed by atoms with Gasteiger partial charge in [0.05, 0.1) is 6.20 Å². The van der Waals surface area contributed by atoms with Gasteiger partial charge in [0.25, 0.3) is 0 Å². The number of pyridine rings is 1. The van der Waals surface area contributed by atoms with Crippen LogP contribution in [0.25, 0.3) is 22.2 Å². The monoisotopic (exact) mass is 483 g/mol. The van der Waals surface area contributed by atoms with Crippen molar-refractivity contribution in [1.82, 2.24) is 24.6 Å². The van der Waals surface area contributed by atoms with Gasteiger partial charge in [-0.3, -0.25) is 9.48 Å². The van der Waals surface area contributed by atoms with Crippen molar-refractivity contribution in [2.75, 3.05) is 49.1 Å². The van der Waals surface area contributed by atoms with Gasteiger partial charge in [-0.05, 0) is 69.3 Å². The summed E-state index contributed by atoms with van der Waals surface area (Å²) in [5.74, 6) is 1.15. The van der Waals surface area contributed by atoms with Gasteiger partial charge in [-0.15, -0.1) is 0 Å². The van der Waals surface area contributed by atoms with Crippen LogP contribution in [0, 0.1) is 0 Å². The van der Waals surface area contributed by atoms with Crippen LogP contribution in [0.1, 0.15) is 36.2 Å². The van der Waals surface area contributed by atoms with E-state index in [0.717, 1.165) is 74.7 Å². The van der Waals surface area contributed by atoms with Crippen LogP contribution in [-0.2, 0) is 7.05 Å². The molecule has 36 heavy (non-hydrogen) atoms. The van der Waals surface area contributed by atoms with E-state index in [0.29, 0.717) is 6.04 Å². The number of hydrogen-bond acceptors (Lipinski definition) is 6. The Bertz CT molecular complexity index is 1370. The van der Waals surface area contributed by atoms with E-state index in [2.05, 4.69) is 61.4 Å². The third-order valence-corrected chi connectivity index (χ3v) is 7.62. The predicted octanol–water partition coefficient (Wildman–Crippen LogP) is 3.89. The first-order valence-corrected chi connectivity index (χ1v) is 12.9. The van der Waals surface area contributed by atoms with Crippen LogP contribution < -0.4 is 15.1 Å². The smallest absolute Gasteiger partial charge is 0.159 e. The van der Waals surface area contributed by atoms with Crippen molar-refractivity contribution in [2.24, 2.45) is 7.05 Å². The van der Waals surface area contributed by atoms with Crippen LogP contribution in [0.15, 0.2) is 55.0 Å². The second-order valence-corrected chi connectivity index (χ2v) is 9.95. The van der Waals surface area contributed by atoms with Crippen LogP contribution in [0.5, 0.6) is 0 Å². The molecule has 2 aliphatic rings. The first kappa shape index (κ1) is 22.8. The standard InChI is InChI=1S/C28H33N7O/c1-20(36)21-3-5-23(6-4-21)33-13-15-34(16-14-33)27-8-7-25-26(22-17-30-32(2)18-22)19-35(28(25)31-27)24-9-11-29-12-10-24/h3-8,17-19,24,29H,9-16H2,1-2H3. The second-order valence-electron chi connectivity index (χ2n) is 9.95. The Balaban J connectivity index is 1.27. The van der Waals surface area contributed by atoms with Crippen molar-refractivity contribution in [1.29, 1.82) is 0 Å². The normalized spacial score (nSPS) is 17.2. The number of hydrogen-bond donors (Lipinski definition) is 1. The lowest BCUT2D eigenvalue weighted by atomic mass is 10.1. The molecule has 1 N–H and O–H groups in total. The van der Waals surface area contributed by atoms with Crippen molar-refractivity contribution in [3.63, 3.8) is 0 Å². The van der Waals surface area contributed by atoms with Crippen molar-refractivity contribution in [2.45, 2.75) is 25.8 Å². The first-order chi connectivity index (χ1) is 17.6. The lowest BCUT2D eigenvalue weighted by Crippen LogP contribution is -2.46. The van der Waals surface area contributed by atoms with Gasteiger partial charge < -0.3 is 19.7 Å². The fraction of sp³-hybridized carbons (Fsp3) is 0.393. The van der Waals surface area contributed by atoms with E-state index in [1.165, 1.54) is 16.6 Å². The molecule has 2 saturated heterocycles. The predicted molar refractivity (Wildman–Crippen MR) is 144 cm³/mol. The maximum Gasteiger partial charge on any atom is 0.159 e. The highest BCUT2D eigenvalue weighted by atomic mass is 16.1. The van der Waals surface area contributed by atoms with Crippen LogP contribution in [0.3, 0.4) is 0 Å². The molecule has 0 saturated carbocycles. The van der Waals surface area contributed by atoms with Gasteiger partial charge in [-0.25, -0.2) is 4.98 Å². The highest BCUT2D eigenvalue weighted by molar-refractivity contribution is 5.95. The van der Waals surface area contributed by atoms with Gasteiger partial charge in [0.15, 0.2) is 5.78 Å². The topological polar surface area (TPSA) is 71.2 Å². The lowest BCUT2D eigenvalue weighted by Gasteiger charge is -2.37. The van der Waals surface area contributed by atoms with Gasteiger partial charge in [-0.1, -0.05) is 0 Å². The minimum atomic E-state index is 0.105. The van der Waals surface area contributed by atoms with Crippen molar-refractivity contribution in [3.8, 4) is 11.1 Å². The second kappa shape index (κ2) is 9.43. The summed E-state index contributed by atoms with van der Waals surface area (Å²) in [6, 6.07) is 12.8. The molecule has 186 valence electrons. The number of benzene rings is 1. The number of aryl methyl sites for hydroxylation is 1. The van der Waals surface area contributed by atoms with E-state index in [9.17, 15) is 4.79 Å². The molecule has 4 aromatic rings. The fourth-order valence-electron chi connectivity index (χ4n) is 5.55. The summed E-state index contributed by atoms with van der Waals surface area (Å²) in [7, 11) is 1.96. The molecule has 1 aromatic carbocycles. The van der Waals surface area contributed by atoms with E-state index in [-0.39, 0.29) is 5.78 Å². The van der Waals surface area contributed by atoms with E-state index in [4.69, 9.17) is 4.98 Å². The average molecular weight is 484 g/mol. The molecule has 8 nitrogen and oxygen atoms in total. The highest BCUT2D eigenvalue weighted by Gasteiger charge is 2.23. The van der Waals surface area contributed by atoms with Gasteiger partial charge >= 0.3 is 0 Å². The molecule has 2 fully saturated rings. The van der Waals surface area contributed by atoms with Gasteiger partial charge in [0.1, 0.15) is 11.5 Å². The summed E-state index contributed by atoms with van der Waals surface area (Å²) in [6.07, 6.45) is 8.54. The molecule has 8 heteroatoms. The number of carbonyl (C=O) groups excluding carboxylic acids is 1. The van der Waals surface area contributed by atoms with Crippen LogP contribution in [-0.4, -0.2) is 64.4 Å².